The molecule has 0 spiro atoms. The minimum atomic E-state index is -0.391. The van der Waals surface area contributed by atoms with Crippen LogP contribution in [0.25, 0.3) is 11.1 Å². The van der Waals surface area contributed by atoms with Gasteiger partial charge in [-0.3, -0.25) is 9.69 Å². The first-order valence-corrected chi connectivity index (χ1v) is 10.2. The van der Waals surface area contributed by atoms with Crippen molar-refractivity contribution in [2.24, 2.45) is 0 Å². The molecule has 156 valence electrons. The van der Waals surface area contributed by atoms with Crippen LogP contribution in [-0.4, -0.2) is 55.8 Å². The maximum absolute atomic E-state index is 11.9. The number of hydrogen-bond donors (Lipinski definition) is 3. The lowest BCUT2D eigenvalue weighted by molar-refractivity contribution is -0.119. The fraction of sp³-hybridized carbons (Fsp3) is 0.526. The number of halogens is 1. The van der Waals surface area contributed by atoms with Crippen LogP contribution in [0, 0.1) is 0 Å². The number of aromatic nitrogens is 1. The SMILES string of the molecule is CC1NCCNC1c1nc2cc(Cl)cc(N3CCOC3=O)c2o1.O=C1CCCN1. The number of anilines is 1. The second-order valence-electron chi connectivity index (χ2n) is 7.22. The van der Waals surface area contributed by atoms with Crippen LogP contribution in [-0.2, 0) is 9.53 Å². The van der Waals surface area contributed by atoms with Gasteiger partial charge in [-0.15, -0.1) is 0 Å². The van der Waals surface area contributed by atoms with Crippen LogP contribution in [0.3, 0.4) is 0 Å². The molecule has 3 saturated heterocycles. The third-order valence-corrected chi connectivity index (χ3v) is 5.35. The Balaban J connectivity index is 0.000000294. The van der Waals surface area contributed by atoms with Crippen LogP contribution < -0.4 is 20.9 Å². The van der Waals surface area contributed by atoms with Gasteiger partial charge in [-0.1, -0.05) is 11.6 Å². The largest absolute Gasteiger partial charge is 0.447 e. The Hall–Kier alpha value is -2.36. The predicted molar refractivity (Wildman–Crippen MR) is 108 cm³/mol. The molecule has 3 N–H and O–H groups in total. The molecule has 0 radical (unpaired) electrons. The van der Waals surface area contributed by atoms with Crippen LogP contribution in [0.2, 0.25) is 5.02 Å². The van der Waals surface area contributed by atoms with Gasteiger partial charge in [0.25, 0.3) is 0 Å². The van der Waals surface area contributed by atoms with Gasteiger partial charge in [0.1, 0.15) is 12.1 Å². The summed E-state index contributed by atoms with van der Waals surface area (Å²) in [6.45, 7) is 5.56. The number of carbonyl (C=O) groups excluding carboxylic acids is 2. The van der Waals surface area contributed by atoms with E-state index in [1.165, 1.54) is 4.90 Å². The van der Waals surface area contributed by atoms with Crippen molar-refractivity contribution in [2.75, 3.05) is 37.7 Å². The van der Waals surface area contributed by atoms with Gasteiger partial charge in [-0.05, 0) is 25.5 Å². The standard InChI is InChI=1S/C15H17ClN4O3.C4H7NO/c1-8-12(18-3-2-17-8)14-19-10-6-9(16)7-11(13(10)23-14)20-4-5-22-15(20)21;6-4-2-1-3-5-4/h6-8,12,17-18H,2-5H2,1H3;1-3H2,(H,5,6). The summed E-state index contributed by atoms with van der Waals surface area (Å²) in [5, 5.41) is 9.98. The second-order valence-corrected chi connectivity index (χ2v) is 7.66. The number of piperazine rings is 1. The lowest BCUT2D eigenvalue weighted by Crippen LogP contribution is -2.49. The van der Waals surface area contributed by atoms with Crippen LogP contribution in [0.5, 0.6) is 0 Å². The summed E-state index contributed by atoms with van der Waals surface area (Å²) in [7, 11) is 0. The monoisotopic (exact) mass is 421 g/mol. The van der Waals surface area contributed by atoms with Crippen molar-refractivity contribution in [2.45, 2.75) is 31.8 Å². The third kappa shape index (κ3) is 4.31. The number of ether oxygens (including phenoxy) is 1. The smallest absolute Gasteiger partial charge is 0.414 e. The molecule has 2 aromatic rings. The minimum absolute atomic E-state index is 0.0201. The molecule has 3 aliphatic heterocycles. The summed E-state index contributed by atoms with van der Waals surface area (Å²) >= 11 is 6.19. The zero-order valence-electron chi connectivity index (χ0n) is 16.2. The average molecular weight is 422 g/mol. The molecule has 2 unspecified atom stereocenters. The maximum Gasteiger partial charge on any atom is 0.414 e. The molecule has 29 heavy (non-hydrogen) atoms. The van der Waals surface area contributed by atoms with Gasteiger partial charge in [0.05, 0.1) is 18.3 Å². The van der Waals surface area contributed by atoms with E-state index in [0.29, 0.717) is 40.9 Å². The quantitative estimate of drug-likeness (QED) is 0.680. The molecule has 3 fully saturated rings. The average Bonchev–Trinajstić information content (AvgIpc) is 3.43. The van der Waals surface area contributed by atoms with Crippen LogP contribution >= 0.6 is 11.6 Å². The molecule has 3 aliphatic rings. The molecule has 0 bridgehead atoms. The molecule has 2 amide bonds. The summed E-state index contributed by atoms with van der Waals surface area (Å²) in [6, 6.07) is 3.64. The van der Waals surface area contributed by atoms with E-state index in [4.69, 9.17) is 20.8 Å². The number of hydrogen-bond acceptors (Lipinski definition) is 7. The molecule has 0 aliphatic carbocycles. The zero-order valence-corrected chi connectivity index (χ0v) is 16.9. The number of amides is 2. The topological polar surface area (TPSA) is 109 Å². The highest BCUT2D eigenvalue weighted by Crippen LogP contribution is 2.34. The van der Waals surface area contributed by atoms with Crippen molar-refractivity contribution in [3.63, 3.8) is 0 Å². The molecule has 1 aromatic carbocycles. The highest BCUT2D eigenvalue weighted by molar-refractivity contribution is 6.31. The highest BCUT2D eigenvalue weighted by Gasteiger charge is 2.30. The minimum Gasteiger partial charge on any atom is -0.447 e. The molecule has 9 nitrogen and oxygen atoms in total. The predicted octanol–water partition coefficient (Wildman–Crippen LogP) is 1.96. The number of carbonyl (C=O) groups is 2. The van der Waals surface area contributed by atoms with Gasteiger partial charge < -0.3 is 25.1 Å². The Labute approximate surface area is 173 Å². The Morgan fingerprint density at radius 1 is 1.21 bits per heavy atom. The first kappa shape index (κ1) is 19.9. The lowest BCUT2D eigenvalue weighted by atomic mass is 10.1. The number of nitrogens with zero attached hydrogens (tertiary/aromatic N) is 2. The number of benzene rings is 1. The summed E-state index contributed by atoms with van der Waals surface area (Å²) in [6.07, 6.45) is 1.37. The number of cyclic esters (lactones) is 1. The molecule has 5 rings (SSSR count). The van der Waals surface area contributed by atoms with Crippen molar-refractivity contribution in [1.82, 2.24) is 20.9 Å². The fourth-order valence-corrected chi connectivity index (χ4v) is 3.84. The van der Waals surface area contributed by atoms with Crippen molar-refractivity contribution in [3.05, 3.63) is 23.0 Å². The van der Waals surface area contributed by atoms with Gasteiger partial charge >= 0.3 is 6.09 Å². The van der Waals surface area contributed by atoms with Gasteiger partial charge in [-0.2, -0.15) is 0 Å². The van der Waals surface area contributed by atoms with Crippen molar-refractivity contribution in [3.8, 4) is 0 Å². The Morgan fingerprint density at radius 3 is 2.66 bits per heavy atom. The molecule has 2 atom stereocenters. The summed E-state index contributed by atoms with van der Waals surface area (Å²) < 4.78 is 11.0. The number of oxazole rings is 1. The summed E-state index contributed by atoms with van der Waals surface area (Å²) in [5.74, 6) is 0.797. The van der Waals surface area contributed by atoms with Crippen molar-refractivity contribution < 1.29 is 18.7 Å². The molecule has 1 aromatic heterocycles. The first-order valence-electron chi connectivity index (χ1n) is 9.80. The van der Waals surface area contributed by atoms with Gasteiger partial charge in [0, 0.05) is 37.1 Å². The number of nitrogens with one attached hydrogen (secondary N) is 3. The van der Waals surface area contributed by atoms with Gasteiger partial charge in [-0.25, -0.2) is 9.78 Å². The van der Waals surface area contributed by atoms with Gasteiger partial charge in [0.2, 0.25) is 11.8 Å². The molecule has 4 heterocycles. The normalized spacial score (nSPS) is 24.3. The van der Waals surface area contributed by atoms with Crippen molar-refractivity contribution >= 4 is 40.4 Å². The van der Waals surface area contributed by atoms with E-state index in [1.807, 2.05) is 0 Å². The van der Waals surface area contributed by atoms with Crippen LogP contribution in [0.1, 0.15) is 31.7 Å². The third-order valence-electron chi connectivity index (χ3n) is 5.13. The van der Waals surface area contributed by atoms with Crippen LogP contribution in [0.15, 0.2) is 16.5 Å². The summed E-state index contributed by atoms with van der Waals surface area (Å²) in [4.78, 5) is 28.1. The fourth-order valence-electron chi connectivity index (χ4n) is 3.63. The van der Waals surface area contributed by atoms with Gasteiger partial charge in [0.15, 0.2) is 5.58 Å². The highest BCUT2D eigenvalue weighted by atomic mass is 35.5. The molecule has 10 heteroatoms. The summed E-state index contributed by atoms with van der Waals surface area (Å²) in [5.41, 5.74) is 1.80. The van der Waals surface area contributed by atoms with E-state index in [2.05, 4.69) is 27.9 Å². The van der Waals surface area contributed by atoms with E-state index in [-0.39, 0.29) is 18.0 Å². The Morgan fingerprint density at radius 2 is 2.03 bits per heavy atom. The Bertz CT molecular complexity index is 909. The van der Waals surface area contributed by atoms with E-state index in [1.54, 1.807) is 12.1 Å². The lowest BCUT2D eigenvalue weighted by Gasteiger charge is -2.28. The molecule has 0 saturated carbocycles. The maximum atomic E-state index is 11.9. The van der Waals surface area contributed by atoms with E-state index in [0.717, 1.165) is 32.5 Å². The second kappa shape index (κ2) is 8.56. The molecular weight excluding hydrogens is 398 g/mol. The Kier molecular flexibility index (Phi) is 5.89. The van der Waals surface area contributed by atoms with Crippen molar-refractivity contribution in [1.29, 1.82) is 0 Å². The van der Waals surface area contributed by atoms with E-state index in [9.17, 15) is 9.59 Å². The number of fused-ring (bicyclic) bond motifs is 1. The zero-order chi connectivity index (χ0) is 20.4. The van der Waals surface area contributed by atoms with E-state index >= 15 is 0 Å². The first-order chi connectivity index (χ1) is 14.0. The molecular formula is C19H24ClN5O4. The van der Waals surface area contributed by atoms with Crippen LogP contribution in [0.4, 0.5) is 10.5 Å². The van der Waals surface area contributed by atoms with E-state index < -0.39 is 6.09 Å². The number of rotatable bonds is 2.